The number of rotatable bonds is 4. The van der Waals surface area contributed by atoms with Crippen LogP contribution in [0.5, 0.6) is 0 Å². The SMILES string of the molecule is CNc1cc(NC2CCCc3sccc32)nc(C(C)C)n1. The minimum atomic E-state index is 0.321. The monoisotopic (exact) mass is 302 g/mol. The number of anilines is 2. The van der Waals surface area contributed by atoms with Gasteiger partial charge in [-0.25, -0.2) is 9.97 Å². The van der Waals surface area contributed by atoms with E-state index < -0.39 is 0 Å². The minimum absolute atomic E-state index is 0.321. The van der Waals surface area contributed by atoms with Crippen LogP contribution in [0.2, 0.25) is 0 Å². The standard InChI is InChI=1S/C16H22N4S/c1-10(2)16-19-14(17-3)9-15(20-16)18-12-5-4-6-13-11(12)7-8-21-13/h7-10,12H,4-6H2,1-3H3,(H2,17,18,19,20). The zero-order chi connectivity index (χ0) is 14.8. The fourth-order valence-corrected chi connectivity index (χ4v) is 3.73. The lowest BCUT2D eigenvalue weighted by Gasteiger charge is -2.24. The zero-order valence-corrected chi connectivity index (χ0v) is 13.6. The molecule has 2 N–H and O–H groups in total. The van der Waals surface area contributed by atoms with Gasteiger partial charge in [-0.2, -0.15) is 0 Å². The number of nitrogens with one attached hydrogen (secondary N) is 2. The summed E-state index contributed by atoms with van der Waals surface area (Å²) >= 11 is 1.87. The molecule has 0 saturated carbocycles. The van der Waals surface area contributed by atoms with Crippen molar-refractivity contribution in [2.75, 3.05) is 17.7 Å². The van der Waals surface area contributed by atoms with Gasteiger partial charge in [-0.1, -0.05) is 13.8 Å². The van der Waals surface area contributed by atoms with E-state index in [-0.39, 0.29) is 0 Å². The smallest absolute Gasteiger partial charge is 0.135 e. The first-order valence-electron chi connectivity index (χ1n) is 7.57. The average Bonchev–Trinajstić information content (AvgIpc) is 2.96. The Kier molecular flexibility index (Phi) is 4.10. The molecule has 0 spiro atoms. The molecule has 0 bridgehead atoms. The Morgan fingerprint density at radius 1 is 1.29 bits per heavy atom. The topological polar surface area (TPSA) is 49.8 Å². The van der Waals surface area contributed by atoms with Crippen LogP contribution >= 0.6 is 11.3 Å². The molecule has 5 heteroatoms. The van der Waals surface area contributed by atoms with Gasteiger partial charge < -0.3 is 10.6 Å². The van der Waals surface area contributed by atoms with Crippen LogP contribution in [-0.2, 0) is 6.42 Å². The van der Waals surface area contributed by atoms with Crippen LogP contribution in [0.4, 0.5) is 11.6 Å². The molecule has 1 atom stereocenters. The molecular formula is C16H22N4S. The predicted octanol–water partition coefficient (Wildman–Crippen LogP) is 4.19. The first kappa shape index (κ1) is 14.3. The van der Waals surface area contributed by atoms with Crippen LogP contribution in [-0.4, -0.2) is 17.0 Å². The molecule has 3 rings (SSSR count). The highest BCUT2D eigenvalue weighted by molar-refractivity contribution is 7.10. The van der Waals surface area contributed by atoms with Crippen LogP contribution in [0.25, 0.3) is 0 Å². The highest BCUT2D eigenvalue weighted by atomic mass is 32.1. The van der Waals surface area contributed by atoms with Crippen molar-refractivity contribution in [3.63, 3.8) is 0 Å². The van der Waals surface area contributed by atoms with Gasteiger partial charge >= 0.3 is 0 Å². The summed E-state index contributed by atoms with van der Waals surface area (Å²) in [5, 5.41) is 8.93. The third-order valence-electron chi connectivity index (χ3n) is 3.89. The Bertz CT molecular complexity index is 620. The number of fused-ring (bicyclic) bond motifs is 1. The Hall–Kier alpha value is -1.62. The van der Waals surface area contributed by atoms with Gasteiger partial charge in [0.1, 0.15) is 17.5 Å². The lowest BCUT2D eigenvalue weighted by Crippen LogP contribution is -2.17. The van der Waals surface area contributed by atoms with E-state index >= 15 is 0 Å². The van der Waals surface area contributed by atoms with Crippen molar-refractivity contribution in [1.82, 2.24) is 9.97 Å². The number of hydrogen-bond donors (Lipinski definition) is 2. The molecule has 4 nitrogen and oxygen atoms in total. The maximum absolute atomic E-state index is 4.67. The van der Waals surface area contributed by atoms with Gasteiger partial charge in [0.2, 0.25) is 0 Å². The molecule has 0 amide bonds. The van der Waals surface area contributed by atoms with Crippen molar-refractivity contribution < 1.29 is 0 Å². The largest absolute Gasteiger partial charge is 0.373 e. The highest BCUT2D eigenvalue weighted by Gasteiger charge is 2.21. The van der Waals surface area contributed by atoms with E-state index in [1.54, 1.807) is 0 Å². The second kappa shape index (κ2) is 6.02. The van der Waals surface area contributed by atoms with Crippen molar-refractivity contribution >= 4 is 23.0 Å². The van der Waals surface area contributed by atoms with E-state index in [9.17, 15) is 0 Å². The Balaban J connectivity index is 1.87. The molecule has 1 aliphatic rings. The van der Waals surface area contributed by atoms with Gasteiger partial charge in [-0.05, 0) is 36.3 Å². The van der Waals surface area contributed by atoms with Crippen LogP contribution in [0.3, 0.4) is 0 Å². The van der Waals surface area contributed by atoms with E-state index in [1.807, 2.05) is 24.5 Å². The summed E-state index contributed by atoms with van der Waals surface area (Å²) in [6, 6.07) is 4.62. The Morgan fingerprint density at radius 3 is 2.86 bits per heavy atom. The van der Waals surface area contributed by atoms with Crippen molar-refractivity contribution in [3.05, 3.63) is 33.8 Å². The molecule has 0 aromatic carbocycles. The van der Waals surface area contributed by atoms with Gasteiger partial charge in [0.15, 0.2) is 0 Å². The van der Waals surface area contributed by atoms with Crippen LogP contribution < -0.4 is 10.6 Å². The molecule has 1 unspecified atom stereocenters. The van der Waals surface area contributed by atoms with E-state index in [1.165, 1.54) is 29.7 Å². The van der Waals surface area contributed by atoms with Gasteiger partial charge in [0, 0.05) is 23.9 Å². The van der Waals surface area contributed by atoms with Crippen molar-refractivity contribution in [1.29, 1.82) is 0 Å². The lowest BCUT2D eigenvalue weighted by molar-refractivity contribution is 0.606. The first-order chi connectivity index (χ1) is 10.2. The molecule has 0 saturated heterocycles. The van der Waals surface area contributed by atoms with E-state index in [0.717, 1.165) is 17.5 Å². The number of aryl methyl sites for hydroxylation is 1. The fraction of sp³-hybridized carbons (Fsp3) is 0.500. The molecule has 1 aliphatic carbocycles. The molecule has 21 heavy (non-hydrogen) atoms. The van der Waals surface area contributed by atoms with Gasteiger partial charge in [0.05, 0.1) is 6.04 Å². The van der Waals surface area contributed by atoms with E-state index in [2.05, 4.69) is 45.9 Å². The normalized spacial score (nSPS) is 17.6. The summed E-state index contributed by atoms with van der Waals surface area (Å²) in [4.78, 5) is 10.7. The third-order valence-corrected chi connectivity index (χ3v) is 4.89. The molecule has 2 aromatic rings. The Labute approximate surface area is 130 Å². The first-order valence-corrected chi connectivity index (χ1v) is 8.45. The van der Waals surface area contributed by atoms with Crippen molar-refractivity contribution in [2.45, 2.75) is 45.1 Å². The summed E-state index contributed by atoms with van der Waals surface area (Å²) < 4.78 is 0. The van der Waals surface area contributed by atoms with Crippen LogP contribution in [0, 0.1) is 0 Å². The molecule has 2 aromatic heterocycles. The van der Waals surface area contributed by atoms with Crippen LogP contribution in [0.15, 0.2) is 17.5 Å². The summed E-state index contributed by atoms with van der Waals surface area (Å²) in [6.07, 6.45) is 3.62. The molecule has 0 fully saturated rings. The quantitative estimate of drug-likeness (QED) is 0.889. The number of hydrogen-bond acceptors (Lipinski definition) is 5. The maximum atomic E-state index is 4.67. The second-order valence-electron chi connectivity index (χ2n) is 5.79. The highest BCUT2D eigenvalue weighted by Crippen LogP contribution is 2.35. The molecule has 0 radical (unpaired) electrons. The molecule has 0 aliphatic heterocycles. The Morgan fingerprint density at radius 2 is 2.10 bits per heavy atom. The summed E-state index contributed by atoms with van der Waals surface area (Å²) in [7, 11) is 1.90. The fourth-order valence-electron chi connectivity index (χ4n) is 2.74. The summed E-state index contributed by atoms with van der Waals surface area (Å²) in [5.74, 6) is 2.99. The van der Waals surface area contributed by atoms with Gasteiger partial charge in [0.25, 0.3) is 0 Å². The van der Waals surface area contributed by atoms with Crippen LogP contribution in [0.1, 0.15) is 54.9 Å². The number of thiophene rings is 1. The van der Waals surface area contributed by atoms with E-state index in [4.69, 9.17) is 0 Å². The summed E-state index contributed by atoms with van der Waals surface area (Å²) in [5.41, 5.74) is 1.45. The molecule has 2 heterocycles. The second-order valence-corrected chi connectivity index (χ2v) is 6.79. The number of aromatic nitrogens is 2. The van der Waals surface area contributed by atoms with E-state index in [0.29, 0.717) is 12.0 Å². The van der Waals surface area contributed by atoms with Gasteiger partial charge in [-0.15, -0.1) is 11.3 Å². The van der Waals surface area contributed by atoms with Crippen molar-refractivity contribution in [2.24, 2.45) is 0 Å². The molecule has 112 valence electrons. The van der Waals surface area contributed by atoms with Crippen molar-refractivity contribution in [3.8, 4) is 0 Å². The summed E-state index contributed by atoms with van der Waals surface area (Å²) in [6.45, 7) is 4.24. The minimum Gasteiger partial charge on any atom is -0.373 e. The number of nitrogens with zero attached hydrogens (tertiary/aromatic N) is 2. The van der Waals surface area contributed by atoms with Gasteiger partial charge in [-0.3, -0.25) is 0 Å². The predicted molar refractivity (Wildman–Crippen MR) is 89.3 cm³/mol. The maximum Gasteiger partial charge on any atom is 0.135 e. The molecular weight excluding hydrogens is 280 g/mol. The average molecular weight is 302 g/mol. The lowest BCUT2D eigenvalue weighted by atomic mass is 9.94. The third kappa shape index (κ3) is 3.02. The zero-order valence-electron chi connectivity index (χ0n) is 12.8.